The molecule has 1 heterocycles. The van der Waals surface area contributed by atoms with Crippen molar-refractivity contribution in [2.75, 3.05) is 60.0 Å². The highest BCUT2D eigenvalue weighted by Gasteiger charge is 2.13. The van der Waals surface area contributed by atoms with Crippen LogP contribution in [0.1, 0.15) is 32.6 Å². The number of hydrogen-bond acceptors (Lipinski definition) is 4. The van der Waals surface area contributed by atoms with E-state index in [1.54, 1.807) is 0 Å². The van der Waals surface area contributed by atoms with Gasteiger partial charge < -0.3 is 19.9 Å². The van der Waals surface area contributed by atoms with Crippen LogP contribution < -0.4 is 5.32 Å². The summed E-state index contributed by atoms with van der Waals surface area (Å²) < 4.78 is 5.96. The van der Waals surface area contributed by atoms with E-state index < -0.39 is 0 Å². The predicted octanol–water partition coefficient (Wildman–Crippen LogP) is 1.42. The number of piperidine rings is 1. The number of ether oxygens (including phenoxy) is 1. The summed E-state index contributed by atoms with van der Waals surface area (Å²) in [6.07, 6.45) is 5.26. The van der Waals surface area contributed by atoms with Gasteiger partial charge in [-0.1, -0.05) is 6.92 Å². The largest absolute Gasteiger partial charge is 0.378 e. The van der Waals surface area contributed by atoms with Crippen molar-refractivity contribution in [3.05, 3.63) is 0 Å². The third-order valence-electron chi connectivity index (χ3n) is 3.66. The van der Waals surface area contributed by atoms with Crippen LogP contribution in [0.4, 0.5) is 0 Å². The Balaban J connectivity index is 2.05. The average molecular weight is 271 g/mol. The first-order valence-electron chi connectivity index (χ1n) is 7.91. The van der Waals surface area contributed by atoms with Gasteiger partial charge in [-0.05, 0) is 59.4 Å². The van der Waals surface area contributed by atoms with Gasteiger partial charge in [0.05, 0.1) is 6.10 Å². The van der Waals surface area contributed by atoms with Gasteiger partial charge in [-0.15, -0.1) is 0 Å². The molecule has 4 heteroatoms. The number of rotatable bonds is 10. The lowest BCUT2D eigenvalue weighted by atomic mass is 10.1. The zero-order valence-electron chi connectivity index (χ0n) is 13.2. The first-order valence-corrected chi connectivity index (χ1v) is 7.91. The molecule has 0 saturated carbocycles. The van der Waals surface area contributed by atoms with Crippen LogP contribution in [0.15, 0.2) is 0 Å². The van der Waals surface area contributed by atoms with Crippen LogP contribution in [0, 0.1) is 0 Å². The predicted molar refractivity (Wildman–Crippen MR) is 81.7 cm³/mol. The van der Waals surface area contributed by atoms with Crippen molar-refractivity contribution in [1.82, 2.24) is 15.1 Å². The molecule has 19 heavy (non-hydrogen) atoms. The van der Waals surface area contributed by atoms with Crippen molar-refractivity contribution < 1.29 is 4.74 Å². The van der Waals surface area contributed by atoms with E-state index in [2.05, 4.69) is 36.1 Å². The minimum atomic E-state index is 0.502. The normalized spacial score (nSPS) is 17.5. The first kappa shape index (κ1) is 16.9. The highest BCUT2D eigenvalue weighted by Crippen LogP contribution is 2.07. The van der Waals surface area contributed by atoms with Crippen LogP contribution in [-0.2, 0) is 4.74 Å². The Morgan fingerprint density at radius 1 is 1.05 bits per heavy atom. The van der Waals surface area contributed by atoms with Crippen molar-refractivity contribution in [1.29, 1.82) is 0 Å². The van der Waals surface area contributed by atoms with Crippen molar-refractivity contribution in [2.45, 2.75) is 38.7 Å². The van der Waals surface area contributed by atoms with Gasteiger partial charge in [0.2, 0.25) is 0 Å². The molecule has 0 aromatic rings. The van der Waals surface area contributed by atoms with Crippen LogP contribution in [0.2, 0.25) is 0 Å². The quantitative estimate of drug-likeness (QED) is 0.608. The lowest BCUT2D eigenvalue weighted by Crippen LogP contribution is -2.35. The Kier molecular flexibility index (Phi) is 9.43. The maximum absolute atomic E-state index is 5.96. The van der Waals surface area contributed by atoms with Crippen molar-refractivity contribution >= 4 is 0 Å². The van der Waals surface area contributed by atoms with Gasteiger partial charge >= 0.3 is 0 Å². The van der Waals surface area contributed by atoms with Crippen LogP contribution in [0.3, 0.4) is 0 Å². The third-order valence-corrected chi connectivity index (χ3v) is 3.66. The van der Waals surface area contributed by atoms with Crippen LogP contribution in [-0.4, -0.2) is 75.9 Å². The summed E-state index contributed by atoms with van der Waals surface area (Å²) in [6, 6.07) is 0. The lowest BCUT2D eigenvalue weighted by molar-refractivity contribution is 0.0276. The summed E-state index contributed by atoms with van der Waals surface area (Å²) in [5.74, 6) is 0. The molecule has 1 aliphatic heterocycles. The van der Waals surface area contributed by atoms with E-state index in [0.29, 0.717) is 6.10 Å². The Hall–Kier alpha value is -0.160. The van der Waals surface area contributed by atoms with E-state index >= 15 is 0 Å². The molecule has 0 aromatic heterocycles. The fourth-order valence-corrected chi connectivity index (χ4v) is 2.49. The molecule has 0 unspecified atom stereocenters. The number of nitrogens with one attached hydrogen (secondary N) is 1. The topological polar surface area (TPSA) is 27.7 Å². The number of nitrogens with zero attached hydrogens (tertiary/aromatic N) is 2. The molecule has 1 N–H and O–H groups in total. The SMILES string of the molecule is CCCN(CCCOC1CCNCC1)CCN(C)C. The monoisotopic (exact) mass is 271 g/mol. The van der Waals surface area contributed by atoms with Gasteiger partial charge in [0.15, 0.2) is 0 Å². The second-order valence-electron chi connectivity index (χ2n) is 5.82. The molecule has 114 valence electrons. The Morgan fingerprint density at radius 2 is 1.79 bits per heavy atom. The van der Waals surface area contributed by atoms with Crippen molar-refractivity contribution in [2.24, 2.45) is 0 Å². The molecule has 0 radical (unpaired) electrons. The van der Waals surface area contributed by atoms with E-state index in [1.807, 2.05) is 0 Å². The van der Waals surface area contributed by atoms with Crippen LogP contribution >= 0.6 is 0 Å². The molecule has 1 saturated heterocycles. The molecule has 0 atom stereocenters. The summed E-state index contributed by atoms with van der Waals surface area (Å²) in [5.41, 5.74) is 0. The summed E-state index contributed by atoms with van der Waals surface area (Å²) in [5, 5.41) is 3.37. The molecule has 1 fully saturated rings. The molecule has 1 rings (SSSR count). The summed E-state index contributed by atoms with van der Waals surface area (Å²) in [6.45, 7) is 10.1. The van der Waals surface area contributed by atoms with E-state index in [0.717, 1.165) is 32.7 Å². The minimum absolute atomic E-state index is 0.502. The second kappa shape index (κ2) is 10.6. The van der Waals surface area contributed by atoms with E-state index in [-0.39, 0.29) is 0 Å². The zero-order valence-corrected chi connectivity index (χ0v) is 13.2. The zero-order chi connectivity index (χ0) is 13.9. The molecule has 0 aromatic carbocycles. The standard InChI is InChI=1S/C15H33N3O/c1-4-10-18(13-12-17(2)3)11-5-14-19-15-6-8-16-9-7-15/h15-16H,4-14H2,1-3H3. The molecular weight excluding hydrogens is 238 g/mol. The van der Waals surface area contributed by atoms with Gasteiger partial charge in [-0.25, -0.2) is 0 Å². The smallest absolute Gasteiger partial charge is 0.0599 e. The van der Waals surface area contributed by atoms with Gasteiger partial charge in [-0.2, -0.15) is 0 Å². The fraction of sp³-hybridized carbons (Fsp3) is 1.00. The molecule has 4 nitrogen and oxygen atoms in total. The molecule has 0 amide bonds. The van der Waals surface area contributed by atoms with E-state index in [1.165, 1.54) is 38.9 Å². The molecular formula is C15H33N3O. The van der Waals surface area contributed by atoms with E-state index in [9.17, 15) is 0 Å². The third kappa shape index (κ3) is 8.58. The highest BCUT2D eigenvalue weighted by atomic mass is 16.5. The number of likely N-dealkylation sites (N-methyl/N-ethyl adjacent to an activating group) is 1. The molecule has 0 spiro atoms. The summed E-state index contributed by atoms with van der Waals surface area (Å²) >= 11 is 0. The summed E-state index contributed by atoms with van der Waals surface area (Å²) in [7, 11) is 4.29. The average Bonchev–Trinajstić information content (AvgIpc) is 2.41. The van der Waals surface area contributed by atoms with Crippen molar-refractivity contribution in [3.8, 4) is 0 Å². The maximum atomic E-state index is 5.96. The van der Waals surface area contributed by atoms with Crippen LogP contribution in [0.5, 0.6) is 0 Å². The second-order valence-corrected chi connectivity index (χ2v) is 5.82. The Bertz CT molecular complexity index is 206. The number of hydrogen-bond donors (Lipinski definition) is 1. The molecule has 0 bridgehead atoms. The fourth-order valence-electron chi connectivity index (χ4n) is 2.49. The van der Waals surface area contributed by atoms with Crippen molar-refractivity contribution in [3.63, 3.8) is 0 Å². The Labute approximate surface area is 119 Å². The lowest BCUT2D eigenvalue weighted by Gasteiger charge is -2.25. The first-order chi connectivity index (χ1) is 9.22. The highest BCUT2D eigenvalue weighted by molar-refractivity contribution is 4.68. The van der Waals surface area contributed by atoms with Gasteiger partial charge in [0.1, 0.15) is 0 Å². The maximum Gasteiger partial charge on any atom is 0.0599 e. The van der Waals surface area contributed by atoms with Gasteiger partial charge in [-0.3, -0.25) is 0 Å². The summed E-state index contributed by atoms with van der Waals surface area (Å²) in [4.78, 5) is 4.82. The molecule has 1 aliphatic rings. The minimum Gasteiger partial charge on any atom is -0.378 e. The van der Waals surface area contributed by atoms with E-state index in [4.69, 9.17) is 4.74 Å². The van der Waals surface area contributed by atoms with Gasteiger partial charge in [0, 0.05) is 26.2 Å². The molecule has 0 aliphatic carbocycles. The van der Waals surface area contributed by atoms with Gasteiger partial charge in [0.25, 0.3) is 0 Å². The van der Waals surface area contributed by atoms with Crippen LogP contribution in [0.25, 0.3) is 0 Å². The Morgan fingerprint density at radius 3 is 2.42 bits per heavy atom.